The summed E-state index contributed by atoms with van der Waals surface area (Å²) in [5, 5.41) is 8.78. The molecule has 1 N–H and O–H groups in total. The van der Waals surface area contributed by atoms with Gasteiger partial charge in [-0.3, -0.25) is 0 Å². The van der Waals surface area contributed by atoms with Crippen molar-refractivity contribution in [2.75, 3.05) is 0 Å². The van der Waals surface area contributed by atoms with E-state index in [4.69, 9.17) is 5.11 Å². The highest BCUT2D eigenvalue weighted by Gasteiger charge is 2.22. The van der Waals surface area contributed by atoms with Gasteiger partial charge in [0.1, 0.15) is 17.1 Å². The minimum Gasteiger partial charge on any atom is -0.477 e. The Bertz CT molecular complexity index is 409. The van der Waals surface area contributed by atoms with Crippen LogP contribution in [0.1, 0.15) is 15.9 Å². The highest BCUT2D eigenvalue weighted by atomic mass is 79.9. The van der Waals surface area contributed by atoms with Crippen LogP contribution in [-0.4, -0.2) is 17.7 Å². The van der Waals surface area contributed by atoms with E-state index in [2.05, 4.69) is 20.7 Å². The van der Waals surface area contributed by atoms with Crippen LogP contribution < -0.4 is 4.74 Å². The number of aromatic carboxylic acids is 1. The van der Waals surface area contributed by atoms with Gasteiger partial charge >= 0.3 is 12.6 Å². The summed E-state index contributed by atoms with van der Waals surface area (Å²) in [4.78, 5) is 10.7. The summed E-state index contributed by atoms with van der Waals surface area (Å²) in [7, 11) is 0. The first kappa shape index (κ1) is 12.8. The van der Waals surface area contributed by atoms with Crippen molar-refractivity contribution in [1.29, 1.82) is 0 Å². The maximum Gasteiger partial charge on any atom is 0.387 e. The van der Waals surface area contributed by atoms with Gasteiger partial charge in [-0.2, -0.15) is 8.78 Å². The molecule has 7 heteroatoms. The molecule has 0 unspecified atom stereocenters. The number of ether oxygens (including phenoxy) is 1. The Morgan fingerprint density at radius 1 is 1.50 bits per heavy atom. The smallest absolute Gasteiger partial charge is 0.387 e. The van der Waals surface area contributed by atoms with Gasteiger partial charge in [-0.15, -0.1) is 0 Å². The van der Waals surface area contributed by atoms with E-state index in [1.165, 1.54) is 6.07 Å². The number of carboxylic acids is 1. The second-order valence-corrected chi connectivity index (χ2v) is 3.29. The Kier molecular flexibility index (Phi) is 4.17. The Morgan fingerprint density at radius 3 is 2.56 bits per heavy atom. The first-order chi connectivity index (χ1) is 7.47. The third-order valence-electron chi connectivity index (χ3n) is 1.76. The van der Waals surface area contributed by atoms with Crippen LogP contribution in [0.25, 0.3) is 0 Å². The average Bonchev–Trinajstić information content (AvgIpc) is 2.16. The summed E-state index contributed by atoms with van der Waals surface area (Å²) in [6.07, 6.45) is 0. The van der Waals surface area contributed by atoms with Gasteiger partial charge in [0.25, 0.3) is 0 Å². The molecule has 0 saturated heterocycles. The van der Waals surface area contributed by atoms with E-state index in [-0.39, 0.29) is 10.9 Å². The number of carboxylic acid groups (broad SMARTS) is 1. The molecular formula is C9H6BrF3O3. The van der Waals surface area contributed by atoms with Crippen molar-refractivity contribution in [3.05, 3.63) is 29.1 Å². The molecule has 88 valence electrons. The summed E-state index contributed by atoms with van der Waals surface area (Å²) in [5.74, 6) is -3.43. The molecule has 0 saturated carbocycles. The zero-order valence-corrected chi connectivity index (χ0v) is 9.30. The maximum atomic E-state index is 13.5. The lowest BCUT2D eigenvalue weighted by atomic mass is 10.1. The first-order valence-electron chi connectivity index (χ1n) is 4.02. The predicted molar refractivity (Wildman–Crippen MR) is 52.6 cm³/mol. The molecule has 0 aliphatic rings. The summed E-state index contributed by atoms with van der Waals surface area (Å²) < 4.78 is 41.3. The summed E-state index contributed by atoms with van der Waals surface area (Å²) in [6.45, 7) is -3.20. The third kappa shape index (κ3) is 2.66. The highest BCUT2D eigenvalue weighted by molar-refractivity contribution is 9.08. The van der Waals surface area contributed by atoms with Gasteiger partial charge in [0.05, 0.1) is 0 Å². The van der Waals surface area contributed by atoms with E-state index >= 15 is 0 Å². The van der Waals surface area contributed by atoms with Gasteiger partial charge in [-0.1, -0.05) is 22.0 Å². The molecular weight excluding hydrogens is 293 g/mol. The molecule has 0 aliphatic heterocycles. The standard InChI is InChI=1S/C9H6BrF3O3/c10-3-4-1-2-5(16-9(12)13)6(7(4)11)8(14)15/h1-2,9H,3H2,(H,14,15). The molecule has 3 nitrogen and oxygen atoms in total. The van der Waals surface area contributed by atoms with Gasteiger partial charge < -0.3 is 9.84 Å². The Hall–Kier alpha value is -1.24. The number of rotatable bonds is 4. The van der Waals surface area contributed by atoms with Crippen LogP contribution >= 0.6 is 15.9 Å². The average molecular weight is 299 g/mol. The normalized spacial score (nSPS) is 10.6. The van der Waals surface area contributed by atoms with E-state index in [0.717, 1.165) is 6.07 Å². The van der Waals surface area contributed by atoms with Gasteiger partial charge in [-0.25, -0.2) is 9.18 Å². The van der Waals surface area contributed by atoms with Gasteiger partial charge in [-0.05, 0) is 11.6 Å². The zero-order valence-electron chi connectivity index (χ0n) is 7.71. The van der Waals surface area contributed by atoms with Crippen LogP contribution in [0.2, 0.25) is 0 Å². The summed E-state index contributed by atoms with van der Waals surface area (Å²) in [5.41, 5.74) is -0.837. The van der Waals surface area contributed by atoms with Gasteiger partial charge in [0.15, 0.2) is 0 Å². The SMILES string of the molecule is O=C(O)c1c(OC(F)F)ccc(CBr)c1F. The minimum atomic E-state index is -3.20. The van der Waals surface area contributed by atoms with Crippen molar-refractivity contribution in [3.63, 3.8) is 0 Å². The summed E-state index contributed by atoms with van der Waals surface area (Å²) >= 11 is 2.95. The molecule has 0 radical (unpaired) electrons. The largest absolute Gasteiger partial charge is 0.477 e. The molecule has 1 aromatic rings. The number of hydrogen-bond acceptors (Lipinski definition) is 2. The summed E-state index contributed by atoms with van der Waals surface area (Å²) in [6, 6.07) is 2.17. The van der Waals surface area contributed by atoms with Crippen LogP contribution in [0, 0.1) is 5.82 Å². The number of benzene rings is 1. The van der Waals surface area contributed by atoms with E-state index in [1.807, 2.05) is 0 Å². The van der Waals surface area contributed by atoms with Gasteiger partial charge in [0.2, 0.25) is 0 Å². The fourth-order valence-electron chi connectivity index (χ4n) is 1.10. The molecule has 0 spiro atoms. The molecule has 0 fully saturated rings. The van der Waals surface area contributed by atoms with E-state index in [9.17, 15) is 18.0 Å². The third-order valence-corrected chi connectivity index (χ3v) is 2.36. The zero-order chi connectivity index (χ0) is 12.3. The molecule has 0 bridgehead atoms. The van der Waals surface area contributed by atoms with Crippen molar-refractivity contribution in [2.45, 2.75) is 11.9 Å². The Morgan fingerprint density at radius 2 is 2.12 bits per heavy atom. The van der Waals surface area contributed by atoms with Crippen molar-refractivity contribution >= 4 is 21.9 Å². The number of carbonyl (C=O) groups is 1. The molecule has 0 atom stereocenters. The molecule has 0 aromatic heterocycles. The van der Waals surface area contributed by atoms with Crippen LogP contribution in [-0.2, 0) is 5.33 Å². The molecule has 0 amide bonds. The van der Waals surface area contributed by atoms with Crippen LogP contribution in [0.15, 0.2) is 12.1 Å². The van der Waals surface area contributed by atoms with Crippen LogP contribution in [0.4, 0.5) is 13.2 Å². The van der Waals surface area contributed by atoms with Crippen molar-refractivity contribution in [2.24, 2.45) is 0 Å². The monoisotopic (exact) mass is 298 g/mol. The molecule has 16 heavy (non-hydrogen) atoms. The number of halogens is 4. The first-order valence-corrected chi connectivity index (χ1v) is 5.15. The van der Waals surface area contributed by atoms with Crippen LogP contribution in [0.3, 0.4) is 0 Å². The Labute approximate surface area is 97.0 Å². The fourth-order valence-corrected chi connectivity index (χ4v) is 1.53. The Balaban J connectivity index is 3.29. The van der Waals surface area contributed by atoms with Crippen molar-refractivity contribution in [3.8, 4) is 5.75 Å². The lowest BCUT2D eigenvalue weighted by Crippen LogP contribution is -2.10. The lowest BCUT2D eigenvalue weighted by molar-refractivity contribution is -0.0505. The number of hydrogen-bond donors (Lipinski definition) is 1. The molecule has 0 aliphatic carbocycles. The molecule has 1 aromatic carbocycles. The predicted octanol–water partition coefficient (Wildman–Crippen LogP) is 3.02. The lowest BCUT2D eigenvalue weighted by Gasteiger charge is -2.10. The molecule has 1 rings (SSSR count). The van der Waals surface area contributed by atoms with Gasteiger partial charge in [0, 0.05) is 5.33 Å². The number of alkyl halides is 3. The maximum absolute atomic E-state index is 13.5. The fraction of sp³-hybridized carbons (Fsp3) is 0.222. The second kappa shape index (κ2) is 5.20. The van der Waals surface area contributed by atoms with Crippen molar-refractivity contribution < 1.29 is 27.8 Å². The van der Waals surface area contributed by atoms with E-state index in [1.54, 1.807) is 0 Å². The highest BCUT2D eigenvalue weighted by Crippen LogP contribution is 2.27. The van der Waals surface area contributed by atoms with Crippen molar-refractivity contribution in [1.82, 2.24) is 0 Å². The van der Waals surface area contributed by atoms with Crippen LogP contribution in [0.5, 0.6) is 5.75 Å². The molecule has 0 heterocycles. The van der Waals surface area contributed by atoms with E-state index in [0.29, 0.717) is 0 Å². The second-order valence-electron chi connectivity index (χ2n) is 2.73. The van der Waals surface area contributed by atoms with E-state index < -0.39 is 29.7 Å². The quantitative estimate of drug-likeness (QED) is 0.869. The topological polar surface area (TPSA) is 46.5 Å². The minimum absolute atomic E-state index is 0.0546.